The van der Waals surface area contributed by atoms with Crippen LogP contribution < -0.4 is 0 Å². The van der Waals surface area contributed by atoms with E-state index in [1.165, 1.54) is 5.56 Å². The van der Waals surface area contributed by atoms with Gasteiger partial charge >= 0.3 is 0 Å². The first-order valence-electron chi connectivity index (χ1n) is 8.48. The van der Waals surface area contributed by atoms with Gasteiger partial charge in [-0.3, -0.25) is 5.10 Å². The molecule has 2 aromatic carbocycles. The average Bonchev–Trinajstić information content (AvgIpc) is 3.18. The summed E-state index contributed by atoms with van der Waals surface area (Å²) in [6.07, 6.45) is 0.763. The zero-order chi connectivity index (χ0) is 18.1. The van der Waals surface area contributed by atoms with Crippen LogP contribution >= 0.6 is 28.1 Å². The van der Waals surface area contributed by atoms with Gasteiger partial charge in [-0.2, -0.15) is 5.10 Å². The highest BCUT2D eigenvalue weighted by atomic mass is 79.9. The summed E-state index contributed by atoms with van der Waals surface area (Å²) in [6.45, 7) is 3.50. The van der Waals surface area contributed by atoms with Crippen LogP contribution in [-0.2, 0) is 19.5 Å². The molecule has 0 radical (unpaired) electrons. The third kappa shape index (κ3) is 3.24. The van der Waals surface area contributed by atoms with Crippen molar-refractivity contribution in [3.05, 3.63) is 75.0 Å². The molecule has 0 saturated heterocycles. The number of hydrogen-bond donors (Lipinski definition) is 1. The van der Waals surface area contributed by atoms with Crippen LogP contribution in [0.2, 0.25) is 0 Å². The molecule has 0 spiro atoms. The maximum absolute atomic E-state index is 5.33. The number of imidazole rings is 1. The summed E-state index contributed by atoms with van der Waals surface area (Å²) in [4.78, 5) is 4.87. The van der Waals surface area contributed by atoms with Gasteiger partial charge in [-0.1, -0.05) is 40.2 Å². The molecule has 0 bridgehead atoms. The maximum Gasteiger partial charge on any atom is 0.195 e. The number of aromatic amines is 1. The Labute approximate surface area is 164 Å². The molecule has 0 amide bonds. The molecule has 0 unspecified atom stereocenters. The summed E-state index contributed by atoms with van der Waals surface area (Å²) in [6, 6.07) is 16.6. The van der Waals surface area contributed by atoms with Crippen LogP contribution in [0.15, 0.2) is 53.0 Å². The van der Waals surface area contributed by atoms with Crippen LogP contribution in [-0.4, -0.2) is 24.3 Å². The summed E-state index contributed by atoms with van der Waals surface area (Å²) in [5.74, 6) is 1.93. The molecule has 5 nitrogen and oxygen atoms in total. The minimum Gasteiger partial charge on any atom is -0.320 e. The van der Waals surface area contributed by atoms with E-state index in [1.54, 1.807) is 0 Å². The average molecular weight is 428 g/mol. The van der Waals surface area contributed by atoms with Gasteiger partial charge in [-0.15, -0.1) is 0 Å². The Morgan fingerprint density at radius 2 is 1.81 bits per heavy atom. The van der Waals surface area contributed by atoms with E-state index in [9.17, 15) is 0 Å². The second-order valence-electron chi connectivity index (χ2n) is 6.10. The lowest BCUT2D eigenvalue weighted by atomic mass is 10.1. The van der Waals surface area contributed by atoms with Crippen molar-refractivity contribution in [3.63, 3.8) is 0 Å². The summed E-state index contributed by atoms with van der Waals surface area (Å²) in [5.41, 5.74) is 3.33. The quantitative estimate of drug-likeness (QED) is 0.469. The molecular formula is C19H18BrN5S. The van der Waals surface area contributed by atoms with Crippen molar-refractivity contribution in [2.45, 2.75) is 26.4 Å². The van der Waals surface area contributed by atoms with Gasteiger partial charge in [-0.25, -0.2) is 4.98 Å². The molecule has 4 aromatic rings. The van der Waals surface area contributed by atoms with Crippen molar-refractivity contribution >= 4 is 39.2 Å². The Hall–Kier alpha value is -2.25. The van der Waals surface area contributed by atoms with Crippen molar-refractivity contribution in [1.29, 1.82) is 0 Å². The van der Waals surface area contributed by atoms with Crippen LogP contribution in [0.4, 0.5) is 0 Å². The summed E-state index contributed by atoms with van der Waals surface area (Å²) >= 11 is 8.82. The number of nitrogens with zero attached hydrogens (tertiary/aromatic N) is 4. The molecule has 132 valence electrons. The van der Waals surface area contributed by atoms with Gasteiger partial charge in [0.2, 0.25) is 0 Å². The number of fused-ring (bicyclic) bond motifs is 1. The molecule has 2 heterocycles. The predicted molar refractivity (Wildman–Crippen MR) is 109 cm³/mol. The SMILES string of the molecule is CCn1c(Cn2c(Cc3ccc(Br)cc3)nc3ccccc32)n[nH]c1=S. The molecule has 0 aliphatic rings. The topological polar surface area (TPSA) is 51.4 Å². The predicted octanol–water partition coefficient (Wildman–Crippen LogP) is 4.71. The number of para-hydroxylation sites is 2. The lowest BCUT2D eigenvalue weighted by Crippen LogP contribution is -2.11. The van der Waals surface area contributed by atoms with Crippen LogP contribution in [0.3, 0.4) is 0 Å². The third-order valence-electron chi connectivity index (χ3n) is 4.46. The second-order valence-corrected chi connectivity index (χ2v) is 7.40. The highest BCUT2D eigenvalue weighted by Crippen LogP contribution is 2.21. The fraction of sp³-hybridized carbons (Fsp3) is 0.211. The van der Waals surface area contributed by atoms with Crippen molar-refractivity contribution in [2.24, 2.45) is 0 Å². The molecule has 2 aromatic heterocycles. The maximum atomic E-state index is 5.33. The number of H-pyrrole nitrogens is 1. The zero-order valence-electron chi connectivity index (χ0n) is 14.3. The summed E-state index contributed by atoms with van der Waals surface area (Å²) < 4.78 is 5.98. The molecule has 0 aliphatic heterocycles. The lowest BCUT2D eigenvalue weighted by molar-refractivity contribution is 0.641. The van der Waals surface area contributed by atoms with Gasteiger partial charge < -0.3 is 9.13 Å². The molecular weight excluding hydrogens is 410 g/mol. The molecule has 0 saturated carbocycles. The minimum atomic E-state index is 0.632. The zero-order valence-corrected chi connectivity index (χ0v) is 16.7. The van der Waals surface area contributed by atoms with Crippen molar-refractivity contribution in [3.8, 4) is 0 Å². The van der Waals surface area contributed by atoms with Gasteiger partial charge in [0.15, 0.2) is 10.6 Å². The van der Waals surface area contributed by atoms with Crippen molar-refractivity contribution in [2.75, 3.05) is 0 Å². The van der Waals surface area contributed by atoms with Gasteiger partial charge in [-0.05, 0) is 49.0 Å². The first-order chi connectivity index (χ1) is 12.7. The Bertz CT molecular complexity index is 1110. The standard InChI is InChI=1S/C19H18BrN5S/c1-2-24-18(22-23-19(24)26)12-25-16-6-4-3-5-15(16)21-17(25)11-13-7-9-14(20)10-8-13/h3-10H,2,11-12H2,1H3,(H,23,26). The second kappa shape index (κ2) is 7.17. The fourth-order valence-corrected chi connectivity index (χ4v) is 3.70. The number of halogens is 1. The molecule has 0 fully saturated rings. The first-order valence-corrected chi connectivity index (χ1v) is 9.68. The van der Waals surface area contributed by atoms with E-state index in [4.69, 9.17) is 17.2 Å². The molecule has 0 atom stereocenters. The Morgan fingerprint density at radius 3 is 2.58 bits per heavy atom. The van der Waals surface area contributed by atoms with Crippen LogP contribution in [0.5, 0.6) is 0 Å². The Morgan fingerprint density at radius 1 is 1.04 bits per heavy atom. The van der Waals surface area contributed by atoms with Gasteiger partial charge in [0.25, 0.3) is 0 Å². The fourth-order valence-electron chi connectivity index (χ4n) is 3.16. The summed E-state index contributed by atoms with van der Waals surface area (Å²) in [7, 11) is 0. The molecule has 0 aliphatic carbocycles. The highest BCUT2D eigenvalue weighted by Gasteiger charge is 2.14. The van der Waals surface area contributed by atoms with Gasteiger partial charge in [0.05, 0.1) is 17.6 Å². The number of nitrogens with one attached hydrogen (secondary N) is 1. The van der Waals surface area contributed by atoms with E-state index in [0.29, 0.717) is 11.3 Å². The Kier molecular flexibility index (Phi) is 4.74. The van der Waals surface area contributed by atoms with E-state index in [-0.39, 0.29) is 0 Å². The van der Waals surface area contributed by atoms with Gasteiger partial charge in [0, 0.05) is 17.4 Å². The van der Waals surface area contributed by atoms with E-state index in [1.807, 2.05) is 22.8 Å². The number of rotatable bonds is 5. The smallest absolute Gasteiger partial charge is 0.195 e. The molecule has 1 N–H and O–H groups in total. The van der Waals surface area contributed by atoms with Crippen LogP contribution in [0.1, 0.15) is 24.1 Å². The Balaban J connectivity index is 1.78. The summed E-state index contributed by atoms with van der Waals surface area (Å²) in [5, 5.41) is 7.32. The van der Waals surface area contributed by atoms with E-state index >= 15 is 0 Å². The number of aromatic nitrogens is 5. The minimum absolute atomic E-state index is 0.632. The normalized spacial score (nSPS) is 11.3. The largest absolute Gasteiger partial charge is 0.320 e. The third-order valence-corrected chi connectivity index (χ3v) is 5.30. The highest BCUT2D eigenvalue weighted by molar-refractivity contribution is 9.10. The van der Waals surface area contributed by atoms with Crippen LogP contribution in [0, 0.1) is 4.77 Å². The van der Waals surface area contributed by atoms with E-state index in [2.05, 4.69) is 67.9 Å². The van der Waals surface area contributed by atoms with Gasteiger partial charge in [0.1, 0.15) is 5.82 Å². The number of benzene rings is 2. The molecule has 26 heavy (non-hydrogen) atoms. The van der Waals surface area contributed by atoms with Crippen molar-refractivity contribution < 1.29 is 0 Å². The van der Waals surface area contributed by atoms with E-state index in [0.717, 1.165) is 40.1 Å². The lowest BCUT2D eigenvalue weighted by Gasteiger charge is -2.10. The molecule has 7 heteroatoms. The number of hydrogen-bond acceptors (Lipinski definition) is 3. The molecule has 4 rings (SSSR count). The first kappa shape index (κ1) is 17.2. The van der Waals surface area contributed by atoms with Crippen molar-refractivity contribution in [1.82, 2.24) is 24.3 Å². The van der Waals surface area contributed by atoms with Crippen LogP contribution in [0.25, 0.3) is 11.0 Å². The monoisotopic (exact) mass is 427 g/mol. The van der Waals surface area contributed by atoms with E-state index < -0.39 is 0 Å².